The highest BCUT2D eigenvalue weighted by atomic mass is 19.1. The predicted octanol–water partition coefficient (Wildman–Crippen LogP) is 2.25. The van der Waals surface area contributed by atoms with E-state index >= 15 is 0 Å². The van der Waals surface area contributed by atoms with Gasteiger partial charge in [0.1, 0.15) is 11.4 Å². The van der Waals surface area contributed by atoms with Crippen molar-refractivity contribution < 1.29 is 14.0 Å². The summed E-state index contributed by atoms with van der Waals surface area (Å²) < 4.78 is 18.1. The summed E-state index contributed by atoms with van der Waals surface area (Å²) in [6.45, 7) is 0. The van der Waals surface area contributed by atoms with Gasteiger partial charge in [0.2, 0.25) is 5.82 Å². The third-order valence-electron chi connectivity index (χ3n) is 3.09. The molecule has 1 saturated carbocycles. The highest BCUT2D eigenvalue weighted by molar-refractivity contribution is 5.54. The number of aromatic nitrogens is 2. The van der Waals surface area contributed by atoms with Crippen LogP contribution in [0.1, 0.15) is 25.2 Å². The molecule has 1 aromatic carbocycles. The highest BCUT2D eigenvalue weighted by Crippen LogP contribution is 2.40. The summed E-state index contributed by atoms with van der Waals surface area (Å²) in [4.78, 5) is 4.12. The molecule has 88 valence electrons. The predicted molar refractivity (Wildman–Crippen MR) is 57.4 cm³/mol. The molecule has 4 nitrogen and oxygen atoms in total. The van der Waals surface area contributed by atoms with E-state index in [1.807, 2.05) is 0 Å². The van der Waals surface area contributed by atoms with E-state index in [9.17, 15) is 9.50 Å². The Labute approximate surface area is 97.1 Å². The van der Waals surface area contributed by atoms with Gasteiger partial charge in [-0.1, -0.05) is 17.3 Å². The van der Waals surface area contributed by atoms with Crippen molar-refractivity contribution in [3.8, 4) is 11.4 Å². The topological polar surface area (TPSA) is 59.2 Å². The molecule has 1 aliphatic rings. The van der Waals surface area contributed by atoms with E-state index < -0.39 is 5.60 Å². The van der Waals surface area contributed by atoms with Crippen LogP contribution >= 0.6 is 0 Å². The molecule has 0 atom stereocenters. The number of nitrogens with zero attached hydrogens (tertiary/aromatic N) is 2. The second kappa shape index (κ2) is 3.63. The van der Waals surface area contributed by atoms with Crippen LogP contribution in [0.3, 0.4) is 0 Å². The van der Waals surface area contributed by atoms with Crippen molar-refractivity contribution in [2.45, 2.75) is 24.9 Å². The Morgan fingerprint density at radius 2 is 2.18 bits per heavy atom. The Morgan fingerprint density at radius 1 is 1.35 bits per heavy atom. The molecule has 0 amide bonds. The van der Waals surface area contributed by atoms with Gasteiger partial charge in [0.25, 0.3) is 5.89 Å². The van der Waals surface area contributed by atoms with Crippen molar-refractivity contribution in [2.75, 3.05) is 0 Å². The van der Waals surface area contributed by atoms with Gasteiger partial charge in [-0.2, -0.15) is 4.98 Å². The summed E-state index contributed by atoms with van der Waals surface area (Å²) >= 11 is 0. The molecule has 0 aliphatic heterocycles. The van der Waals surface area contributed by atoms with Crippen LogP contribution in [0.15, 0.2) is 28.8 Å². The van der Waals surface area contributed by atoms with Crippen molar-refractivity contribution in [2.24, 2.45) is 0 Å². The molecular weight excluding hydrogens is 223 g/mol. The molecule has 2 aromatic rings. The molecule has 1 N–H and O–H groups in total. The van der Waals surface area contributed by atoms with Crippen LogP contribution < -0.4 is 0 Å². The molecule has 1 heterocycles. The largest absolute Gasteiger partial charge is 0.380 e. The first kappa shape index (κ1) is 10.4. The Bertz CT molecular complexity index is 549. The first-order valence-corrected chi connectivity index (χ1v) is 5.50. The van der Waals surface area contributed by atoms with Gasteiger partial charge in [-0.25, -0.2) is 4.39 Å². The second-order valence-electron chi connectivity index (χ2n) is 4.32. The number of hydrogen-bond acceptors (Lipinski definition) is 4. The molecule has 0 saturated heterocycles. The van der Waals surface area contributed by atoms with Gasteiger partial charge < -0.3 is 9.63 Å². The number of hydrogen-bond donors (Lipinski definition) is 1. The van der Waals surface area contributed by atoms with Crippen LogP contribution in [0.2, 0.25) is 0 Å². The summed E-state index contributed by atoms with van der Waals surface area (Å²) in [5.41, 5.74) is -0.429. The molecule has 0 radical (unpaired) electrons. The Morgan fingerprint density at radius 3 is 2.82 bits per heavy atom. The van der Waals surface area contributed by atoms with Gasteiger partial charge in [-0.15, -0.1) is 0 Å². The Hall–Kier alpha value is -1.75. The average Bonchev–Trinajstić information content (AvgIpc) is 2.75. The summed E-state index contributed by atoms with van der Waals surface area (Å²) in [5.74, 6) is 0.180. The van der Waals surface area contributed by atoms with Crippen LogP contribution in [0.4, 0.5) is 4.39 Å². The van der Waals surface area contributed by atoms with E-state index in [1.165, 1.54) is 12.1 Å². The number of benzene rings is 1. The van der Waals surface area contributed by atoms with E-state index in [0.29, 0.717) is 24.2 Å². The summed E-state index contributed by atoms with van der Waals surface area (Å²) in [6, 6.07) is 5.96. The normalized spacial score (nSPS) is 17.8. The zero-order valence-corrected chi connectivity index (χ0v) is 9.06. The molecule has 5 heteroatoms. The lowest BCUT2D eigenvalue weighted by atomic mass is 9.80. The second-order valence-corrected chi connectivity index (χ2v) is 4.32. The molecule has 3 rings (SSSR count). The molecule has 1 aromatic heterocycles. The van der Waals surface area contributed by atoms with Gasteiger partial charge in [-0.3, -0.25) is 0 Å². The first-order valence-electron chi connectivity index (χ1n) is 5.50. The van der Waals surface area contributed by atoms with Crippen molar-refractivity contribution in [1.29, 1.82) is 0 Å². The zero-order chi connectivity index (χ0) is 11.9. The standard InChI is InChI=1S/C12H11FN2O2/c13-9-4-1-3-8(7-9)10-14-11(17-15-10)12(16)5-2-6-12/h1,3-4,7,16H,2,5-6H2. The molecule has 0 unspecified atom stereocenters. The minimum Gasteiger partial charge on any atom is -0.380 e. The summed E-state index contributed by atoms with van der Waals surface area (Å²) in [6.07, 6.45) is 2.23. The molecule has 0 bridgehead atoms. The van der Waals surface area contributed by atoms with Crippen molar-refractivity contribution in [1.82, 2.24) is 10.1 Å². The van der Waals surface area contributed by atoms with Gasteiger partial charge in [0, 0.05) is 5.56 Å². The van der Waals surface area contributed by atoms with Crippen LogP contribution in [0.25, 0.3) is 11.4 Å². The molecule has 1 fully saturated rings. The Balaban J connectivity index is 1.95. The third-order valence-corrected chi connectivity index (χ3v) is 3.09. The van der Waals surface area contributed by atoms with Gasteiger partial charge in [0.05, 0.1) is 0 Å². The molecule has 0 spiro atoms. The minimum atomic E-state index is -0.974. The van der Waals surface area contributed by atoms with Crippen molar-refractivity contribution >= 4 is 0 Å². The van der Waals surface area contributed by atoms with Gasteiger partial charge in [0.15, 0.2) is 0 Å². The first-order chi connectivity index (χ1) is 8.17. The fourth-order valence-corrected chi connectivity index (χ4v) is 1.88. The monoisotopic (exact) mass is 234 g/mol. The van der Waals surface area contributed by atoms with Gasteiger partial charge in [-0.05, 0) is 31.4 Å². The summed E-state index contributed by atoms with van der Waals surface area (Å²) in [5, 5.41) is 13.8. The van der Waals surface area contributed by atoms with E-state index in [2.05, 4.69) is 10.1 Å². The van der Waals surface area contributed by atoms with Gasteiger partial charge >= 0.3 is 0 Å². The van der Waals surface area contributed by atoms with Crippen molar-refractivity contribution in [3.63, 3.8) is 0 Å². The number of aliphatic hydroxyl groups is 1. The maximum Gasteiger partial charge on any atom is 0.258 e. The molecule has 17 heavy (non-hydrogen) atoms. The lowest BCUT2D eigenvalue weighted by Crippen LogP contribution is -2.33. The number of rotatable bonds is 2. The van der Waals surface area contributed by atoms with Crippen LogP contribution in [-0.2, 0) is 5.60 Å². The van der Waals surface area contributed by atoms with E-state index in [4.69, 9.17) is 4.52 Å². The maximum absolute atomic E-state index is 13.0. The average molecular weight is 234 g/mol. The number of halogens is 1. The third kappa shape index (κ3) is 1.72. The summed E-state index contributed by atoms with van der Waals surface area (Å²) in [7, 11) is 0. The van der Waals surface area contributed by atoms with Crippen LogP contribution in [0.5, 0.6) is 0 Å². The zero-order valence-electron chi connectivity index (χ0n) is 9.06. The van der Waals surface area contributed by atoms with E-state index in [-0.39, 0.29) is 11.7 Å². The quantitative estimate of drug-likeness (QED) is 0.865. The van der Waals surface area contributed by atoms with E-state index in [1.54, 1.807) is 12.1 Å². The van der Waals surface area contributed by atoms with Crippen molar-refractivity contribution in [3.05, 3.63) is 36.0 Å². The maximum atomic E-state index is 13.0. The fraction of sp³-hybridized carbons (Fsp3) is 0.333. The Kier molecular flexibility index (Phi) is 2.22. The smallest absolute Gasteiger partial charge is 0.258 e. The van der Waals surface area contributed by atoms with Crippen LogP contribution in [0, 0.1) is 5.82 Å². The lowest BCUT2D eigenvalue weighted by molar-refractivity contribution is -0.0646. The minimum absolute atomic E-state index is 0.225. The molecular formula is C12H11FN2O2. The highest BCUT2D eigenvalue weighted by Gasteiger charge is 2.41. The van der Waals surface area contributed by atoms with E-state index in [0.717, 1.165) is 6.42 Å². The lowest BCUT2D eigenvalue weighted by Gasteiger charge is -2.32. The SMILES string of the molecule is OC1(c2nc(-c3cccc(F)c3)no2)CCC1. The fourth-order valence-electron chi connectivity index (χ4n) is 1.88. The van der Waals surface area contributed by atoms with Crippen LogP contribution in [-0.4, -0.2) is 15.2 Å². The molecule has 1 aliphatic carbocycles.